The molecule has 0 saturated heterocycles. The van der Waals surface area contributed by atoms with Crippen molar-refractivity contribution in [1.82, 2.24) is 0 Å². The minimum absolute atomic E-state index is 0.261. The van der Waals surface area contributed by atoms with Crippen molar-refractivity contribution in [3.63, 3.8) is 0 Å². The van der Waals surface area contributed by atoms with Gasteiger partial charge >= 0.3 is 0 Å². The molecule has 1 amide bonds. The molecule has 0 saturated carbocycles. The lowest BCUT2D eigenvalue weighted by Crippen LogP contribution is -2.27. The lowest BCUT2D eigenvalue weighted by atomic mass is 10.2. The molecule has 0 bridgehead atoms. The first-order valence-corrected chi connectivity index (χ1v) is 6.69. The summed E-state index contributed by atoms with van der Waals surface area (Å²) < 4.78 is 0. The molecular formula is C13H13ClN2OS. The highest BCUT2D eigenvalue weighted by atomic mass is 35.5. The monoisotopic (exact) mass is 280 g/mol. The summed E-state index contributed by atoms with van der Waals surface area (Å²) in [5, 5.41) is 5.14. The first-order chi connectivity index (χ1) is 8.58. The topological polar surface area (TPSA) is 55.1 Å². The molecule has 3 N–H and O–H groups in total. The summed E-state index contributed by atoms with van der Waals surface area (Å²) >= 11 is 7.51. The van der Waals surface area contributed by atoms with Crippen LogP contribution in [0, 0.1) is 6.92 Å². The van der Waals surface area contributed by atoms with Crippen LogP contribution in [0.3, 0.4) is 0 Å². The summed E-state index contributed by atoms with van der Waals surface area (Å²) in [5.41, 5.74) is 7.49. The van der Waals surface area contributed by atoms with E-state index in [0.717, 1.165) is 10.4 Å². The molecule has 5 heteroatoms. The van der Waals surface area contributed by atoms with E-state index in [9.17, 15) is 4.79 Å². The molecule has 0 aliphatic rings. The van der Waals surface area contributed by atoms with E-state index in [-0.39, 0.29) is 5.91 Å². The first-order valence-electron chi connectivity index (χ1n) is 5.44. The van der Waals surface area contributed by atoms with Crippen LogP contribution in [0.1, 0.15) is 16.5 Å². The molecule has 2 aromatic rings. The zero-order valence-electron chi connectivity index (χ0n) is 9.81. The van der Waals surface area contributed by atoms with Crippen molar-refractivity contribution in [3.05, 3.63) is 51.2 Å². The van der Waals surface area contributed by atoms with E-state index in [1.54, 1.807) is 12.1 Å². The number of halogens is 1. The number of nitrogens with two attached hydrogens (primary N) is 1. The van der Waals surface area contributed by atoms with E-state index in [4.69, 9.17) is 17.3 Å². The van der Waals surface area contributed by atoms with E-state index in [1.807, 2.05) is 30.5 Å². The number of hydrogen-bond acceptors (Lipinski definition) is 3. The van der Waals surface area contributed by atoms with Crippen molar-refractivity contribution in [3.8, 4) is 0 Å². The minimum atomic E-state index is -0.664. The van der Waals surface area contributed by atoms with E-state index < -0.39 is 6.04 Å². The molecule has 0 radical (unpaired) electrons. The predicted octanol–water partition coefficient (Wildman–Crippen LogP) is 3.35. The summed E-state index contributed by atoms with van der Waals surface area (Å²) in [7, 11) is 0. The van der Waals surface area contributed by atoms with Crippen LogP contribution in [0.2, 0.25) is 5.02 Å². The standard InChI is InChI=1S/C13H13ClN2OS/c1-8-4-5-10(9(14)7-8)16-13(17)12(15)11-3-2-6-18-11/h2-7,12H,15H2,1H3,(H,16,17). The van der Waals surface area contributed by atoms with Crippen molar-refractivity contribution in [2.75, 3.05) is 5.32 Å². The fourth-order valence-electron chi connectivity index (χ4n) is 1.53. The van der Waals surface area contributed by atoms with E-state index in [0.29, 0.717) is 10.7 Å². The van der Waals surface area contributed by atoms with Crippen molar-refractivity contribution in [1.29, 1.82) is 0 Å². The van der Waals surface area contributed by atoms with Crippen molar-refractivity contribution >= 4 is 34.5 Å². The Kier molecular flexibility index (Phi) is 4.01. The summed E-state index contributed by atoms with van der Waals surface area (Å²) in [6.07, 6.45) is 0. The number of amides is 1. The van der Waals surface area contributed by atoms with Crippen molar-refractivity contribution in [2.45, 2.75) is 13.0 Å². The van der Waals surface area contributed by atoms with Gasteiger partial charge in [-0.3, -0.25) is 4.79 Å². The van der Waals surface area contributed by atoms with Crippen LogP contribution in [0.5, 0.6) is 0 Å². The minimum Gasteiger partial charge on any atom is -0.323 e. The molecule has 1 aromatic carbocycles. The van der Waals surface area contributed by atoms with Gasteiger partial charge in [0, 0.05) is 4.88 Å². The maximum atomic E-state index is 12.0. The normalized spacial score (nSPS) is 12.2. The Morgan fingerprint density at radius 1 is 1.44 bits per heavy atom. The molecule has 0 fully saturated rings. The summed E-state index contributed by atoms with van der Waals surface area (Å²) in [6.45, 7) is 1.94. The van der Waals surface area contributed by atoms with Gasteiger partial charge in [0.1, 0.15) is 6.04 Å². The Morgan fingerprint density at radius 3 is 2.83 bits per heavy atom. The van der Waals surface area contributed by atoms with Gasteiger partial charge in [-0.25, -0.2) is 0 Å². The lowest BCUT2D eigenvalue weighted by Gasteiger charge is -2.12. The average Bonchev–Trinajstić information content (AvgIpc) is 2.85. The van der Waals surface area contributed by atoms with Crippen LogP contribution in [0.4, 0.5) is 5.69 Å². The fraction of sp³-hybridized carbons (Fsp3) is 0.154. The quantitative estimate of drug-likeness (QED) is 0.906. The molecular weight excluding hydrogens is 268 g/mol. The van der Waals surface area contributed by atoms with E-state index in [1.165, 1.54) is 11.3 Å². The third-order valence-electron chi connectivity index (χ3n) is 2.51. The summed E-state index contributed by atoms with van der Waals surface area (Å²) in [6, 6.07) is 8.50. The lowest BCUT2D eigenvalue weighted by molar-refractivity contribution is -0.117. The van der Waals surface area contributed by atoms with Gasteiger partial charge in [0.05, 0.1) is 10.7 Å². The Bertz CT molecular complexity index is 554. The van der Waals surface area contributed by atoms with Crippen molar-refractivity contribution < 1.29 is 4.79 Å². The van der Waals surface area contributed by atoms with E-state index in [2.05, 4.69) is 5.32 Å². The third kappa shape index (κ3) is 2.90. The SMILES string of the molecule is Cc1ccc(NC(=O)C(N)c2cccs2)c(Cl)c1. The predicted molar refractivity (Wildman–Crippen MR) is 76.1 cm³/mol. The maximum Gasteiger partial charge on any atom is 0.246 e. The first kappa shape index (κ1) is 13.1. The van der Waals surface area contributed by atoms with Gasteiger partial charge in [0.2, 0.25) is 5.91 Å². The van der Waals surface area contributed by atoms with Crippen LogP contribution in [0.15, 0.2) is 35.7 Å². The second-order valence-electron chi connectivity index (χ2n) is 3.97. The smallest absolute Gasteiger partial charge is 0.246 e. The molecule has 1 heterocycles. The number of anilines is 1. The second-order valence-corrected chi connectivity index (χ2v) is 5.35. The van der Waals surface area contributed by atoms with Gasteiger partial charge in [-0.15, -0.1) is 11.3 Å². The molecule has 0 aliphatic heterocycles. The van der Waals surface area contributed by atoms with Crippen LogP contribution >= 0.6 is 22.9 Å². The average molecular weight is 281 g/mol. The van der Waals surface area contributed by atoms with E-state index >= 15 is 0 Å². The second kappa shape index (κ2) is 5.52. The molecule has 1 atom stereocenters. The number of rotatable bonds is 3. The number of nitrogens with one attached hydrogen (secondary N) is 1. The molecule has 3 nitrogen and oxygen atoms in total. The Balaban J connectivity index is 2.12. The Hall–Kier alpha value is -1.36. The highest BCUT2D eigenvalue weighted by molar-refractivity contribution is 7.10. The van der Waals surface area contributed by atoms with Gasteiger partial charge in [0.25, 0.3) is 0 Å². The number of aryl methyl sites for hydroxylation is 1. The Labute approximate surface area is 115 Å². The highest BCUT2D eigenvalue weighted by Crippen LogP contribution is 2.24. The third-order valence-corrected chi connectivity index (χ3v) is 3.78. The molecule has 2 rings (SSSR count). The number of benzene rings is 1. The number of thiophene rings is 1. The molecule has 1 aromatic heterocycles. The van der Waals surface area contributed by atoms with Crippen LogP contribution < -0.4 is 11.1 Å². The number of carbonyl (C=O) groups is 1. The number of carbonyl (C=O) groups excluding carboxylic acids is 1. The van der Waals surface area contributed by atoms with Gasteiger partial charge in [-0.05, 0) is 36.1 Å². The van der Waals surface area contributed by atoms with Crippen molar-refractivity contribution in [2.24, 2.45) is 5.73 Å². The molecule has 18 heavy (non-hydrogen) atoms. The number of hydrogen-bond donors (Lipinski definition) is 2. The maximum absolute atomic E-state index is 12.0. The Morgan fingerprint density at radius 2 is 2.22 bits per heavy atom. The van der Waals surface area contributed by atoms with Gasteiger partial charge in [0.15, 0.2) is 0 Å². The van der Waals surface area contributed by atoms with Crippen LogP contribution in [-0.2, 0) is 4.79 Å². The fourth-order valence-corrected chi connectivity index (χ4v) is 2.54. The molecule has 1 unspecified atom stereocenters. The summed E-state index contributed by atoms with van der Waals surface area (Å²) in [4.78, 5) is 12.8. The summed E-state index contributed by atoms with van der Waals surface area (Å²) in [5.74, 6) is -0.261. The van der Waals surface area contributed by atoms with Gasteiger partial charge < -0.3 is 11.1 Å². The zero-order chi connectivity index (χ0) is 13.1. The largest absolute Gasteiger partial charge is 0.323 e. The van der Waals surface area contributed by atoms with Crippen LogP contribution in [0.25, 0.3) is 0 Å². The van der Waals surface area contributed by atoms with Crippen LogP contribution in [-0.4, -0.2) is 5.91 Å². The highest BCUT2D eigenvalue weighted by Gasteiger charge is 2.17. The van der Waals surface area contributed by atoms with Gasteiger partial charge in [-0.2, -0.15) is 0 Å². The zero-order valence-corrected chi connectivity index (χ0v) is 11.4. The molecule has 0 aliphatic carbocycles. The molecule has 94 valence electrons. The molecule has 0 spiro atoms. The van der Waals surface area contributed by atoms with Gasteiger partial charge in [-0.1, -0.05) is 23.7 Å².